The van der Waals surface area contributed by atoms with Crippen molar-refractivity contribution in [3.05, 3.63) is 0 Å². The predicted octanol–water partition coefficient (Wildman–Crippen LogP) is -1.08. The van der Waals surface area contributed by atoms with E-state index in [1.807, 2.05) is 0 Å². The molecular formula is C6H12N2O3. The number of hydrogen-bond donors (Lipinski definition) is 3. The summed E-state index contributed by atoms with van der Waals surface area (Å²) < 4.78 is 0. The number of nitrogens with one attached hydrogen (secondary N) is 1. The molecule has 0 unspecified atom stereocenters. The van der Waals surface area contributed by atoms with Gasteiger partial charge in [-0.25, -0.2) is 0 Å². The van der Waals surface area contributed by atoms with Crippen molar-refractivity contribution in [1.82, 2.24) is 5.32 Å². The predicted molar refractivity (Wildman–Crippen MR) is 38.9 cm³/mol. The molecule has 11 heavy (non-hydrogen) atoms. The fourth-order valence-electron chi connectivity index (χ4n) is 0.479. The van der Waals surface area contributed by atoms with Crippen molar-refractivity contribution in [2.75, 3.05) is 6.54 Å². The molecule has 0 radical (unpaired) electrons. The Labute approximate surface area is 64.6 Å². The number of rotatable bonds is 4. The van der Waals surface area contributed by atoms with Crippen molar-refractivity contribution in [3.63, 3.8) is 0 Å². The summed E-state index contributed by atoms with van der Waals surface area (Å²) in [6, 6.07) is -0.602. The number of nitrogens with two attached hydrogens (primary N) is 1. The normalized spacial score (nSPS) is 12.2. The van der Waals surface area contributed by atoms with E-state index < -0.39 is 17.9 Å². The van der Waals surface area contributed by atoms with E-state index in [2.05, 4.69) is 5.32 Å². The van der Waals surface area contributed by atoms with Gasteiger partial charge in [0.25, 0.3) is 0 Å². The third-order valence-corrected chi connectivity index (χ3v) is 1.19. The monoisotopic (exact) mass is 160 g/mol. The minimum absolute atomic E-state index is 0.369. The van der Waals surface area contributed by atoms with Crippen molar-refractivity contribution < 1.29 is 14.7 Å². The summed E-state index contributed by atoms with van der Waals surface area (Å²) in [7, 11) is 0. The zero-order chi connectivity index (χ0) is 8.85. The smallest absolute Gasteiger partial charge is 0.322 e. The zero-order valence-electron chi connectivity index (χ0n) is 6.33. The average Bonchev–Trinajstić information content (AvgIpc) is 1.98. The molecule has 5 heteroatoms. The van der Waals surface area contributed by atoms with Gasteiger partial charge in [0.05, 0.1) is 6.04 Å². The molecule has 0 saturated heterocycles. The van der Waals surface area contributed by atoms with Crippen LogP contribution in [-0.2, 0) is 9.59 Å². The first-order valence-corrected chi connectivity index (χ1v) is 3.33. The number of carbonyl (C=O) groups is 2. The molecule has 0 rings (SSSR count). The molecule has 0 aliphatic carbocycles. The second kappa shape index (κ2) is 4.68. The lowest BCUT2D eigenvalue weighted by atomic mass is 10.2. The molecule has 0 bridgehead atoms. The van der Waals surface area contributed by atoms with Crippen LogP contribution in [0.15, 0.2) is 0 Å². The summed E-state index contributed by atoms with van der Waals surface area (Å²) in [6.07, 6.45) is 0.505. The van der Waals surface area contributed by atoms with Gasteiger partial charge in [0, 0.05) is 0 Å². The third kappa shape index (κ3) is 4.32. The van der Waals surface area contributed by atoms with Crippen LogP contribution < -0.4 is 11.1 Å². The van der Waals surface area contributed by atoms with Crippen molar-refractivity contribution >= 4 is 11.9 Å². The Morgan fingerprint density at radius 1 is 1.64 bits per heavy atom. The van der Waals surface area contributed by atoms with Crippen molar-refractivity contribution in [2.45, 2.75) is 19.4 Å². The summed E-state index contributed by atoms with van der Waals surface area (Å²) in [6.45, 7) is 1.39. The van der Waals surface area contributed by atoms with Crippen molar-refractivity contribution in [2.24, 2.45) is 5.73 Å². The third-order valence-electron chi connectivity index (χ3n) is 1.19. The van der Waals surface area contributed by atoms with Crippen LogP contribution in [0.4, 0.5) is 0 Å². The molecule has 0 spiro atoms. The zero-order valence-corrected chi connectivity index (χ0v) is 6.33. The fourth-order valence-corrected chi connectivity index (χ4v) is 0.479. The highest BCUT2D eigenvalue weighted by Gasteiger charge is 2.10. The van der Waals surface area contributed by atoms with E-state index in [4.69, 9.17) is 10.8 Å². The van der Waals surface area contributed by atoms with Crippen LogP contribution in [0.5, 0.6) is 0 Å². The Bertz CT molecular complexity index is 158. The highest BCUT2D eigenvalue weighted by molar-refractivity contribution is 5.84. The van der Waals surface area contributed by atoms with E-state index in [-0.39, 0.29) is 6.54 Å². The molecular weight excluding hydrogens is 148 g/mol. The van der Waals surface area contributed by atoms with Gasteiger partial charge in [0.1, 0.15) is 6.54 Å². The van der Waals surface area contributed by atoms with Gasteiger partial charge >= 0.3 is 5.97 Å². The van der Waals surface area contributed by atoms with E-state index >= 15 is 0 Å². The van der Waals surface area contributed by atoms with Crippen LogP contribution in [0.1, 0.15) is 13.3 Å². The highest BCUT2D eigenvalue weighted by atomic mass is 16.4. The van der Waals surface area contributed by atoms with Crippen LogP contribution in [0.3, 0.4) is 0 Å². The van der Waals surface area contributed by atoms with E-state index in [0.29, 0.717) is 6.42 Å². The van der Waals surface area contributed by atoms with E-state index in [9.17, 15) is 9.59 Å². The number of carbonyl (C=O) groups excluding carboxylic acids is 1. The van der Waals surface area contributed by atoms with Crippen molar-refractivity contribution in [3.8, 4) is 0 Å². The van der Waals surface area contributed by atoms with E-state index in [1.54, 1.807) is 6.92 Å². The molecule has 4 N–H and O–H groups in total. The highest BCUT2D eigenvalue weighted by Crippen LogP contribution is 1.84. The first kappa shape index (κ1) is 9.90. The lowest BCUT2D eigenvalue weighted by Crippen LogP contribution is -2.42. The van der Waals surface area contributed by atoms with Crippen LogP contribution in [0.2, 0.25) is 0 Å². The van der Waals surface area contributed by atoms with Gasteiger partial charge in [0.2, 0.25) is 5.91 Å². The van der Waals surface area contributed by atoms with Crippen LogP contribution in [-0.4, -0.2) is 29.6 Å². The summed E-state index contributed by atoms with van der Waals surface area (Å²) in [4.78, 5) is 20.7. The minimum atomic E-state index is -1.07. The quantitative estimate of drug-likeness (QED) is 0.488. The first-order valence-electron chi connectivity index (χ1n) is 3.33. The largest absolute Gasteiger partial charge is 0.480 e. The molecule has 0 aromatic heterocycles. The number of amides is 1. The number of aliphatic carboxylic acids is 1. The van der Waals surface area contributed by atoms with Gasteiger partial charge in [0.15, 0.2) is 0 Å². The van der Waals surface area contributed by atoms with Gasteiger partial charge in [-0.3, -0.25) is 9.59 Å². The molecule has 0 aliphatic heterocycles. The second-order valence-corrected chi connectivity index (χ2v) is 2.13. The number of carboxylic acid groups (broad SMARTS) is 1. The molecule has 0 aliphatic rings. The van der Waals surface area contributed by atoms with Gasteiger partial charge < -0.3 is 16.2 Å². The maximum Gasteiger partial charge on any atom is 0.322 e. The Kier molecular flexibility index (Phi) is 4.21. The number of hydrogen-bond acceptors (Lipinski definition) is 3. The average molecular weight is 160 g/mol. The second-order valence-electron chi connectivity index (χ2n) is 2.13. The molecule has 64 valence electrons. The topological polar surface area (TPSA) is 92.4 Å². The Balaban J connectivity index is 3.60. The minimum Gasteiger partial charge on any atom is -0.480 e. The maximum atomic E-state index is 10.8. The molecule has 0 aromatic carbocycles. The van der Waals surface area contributed by atoms with E-state index in [1.165, 1.54) is 0 Å². The fraction of sp³-hybridized carbons (Fsp3) is 0.667. The summed E-state index contributed by atoms with van der Waals surface area (Å²) in [5.74, 6) is -1.49. The molecule has 5 nitrogen and oxygen atoms in total. The maximum absolute atomic E-state index is 10.8. The van der Waals surface area contributed by atoms with E-state index in [0.717, 1.165) is 0 Å². The molecule has 0 aromatic rings. The van der Waals surface area contributed by atoms with Gasteiger partial charge in [-0.1, -0.05) is 6.92 Å². The summed E-state index contributed by atoms with van der Waals surface area (Å²) in [5.41, 5.74) is 5.30. The SMILES string of the molecule is CC[C@H](N)C(=O)NCC(=O)O. The molecule has 0 fully saturated rings. The van der Waals surface area contributed by atoms with Gasteiger partial charge in [-0.05, 0) is 6.42 Å². The lowest BCUT2D eigenvalue weighted by molar-refractivity contribution is -0.138. The Morgan fingerprint density at radius 3 is 2.55 bits per heavy atom. The Hall–Kier alpha value is -1.10. The molecule has 1 atom stereocenters. The van der Waals surface area contributed by atoms with Gasteiger partial charge in [-0.2, -0.15) is 0 Å². The van der Waals surface area contributed by atoms with Crippen LogP contribution >= 0.6 is 0 Å². The van der Waals surface area contributed by atoms with Crippen molar-refractivity contribution in [1.29, 1.82) is 0 Å². The molecule has 0 heterocycles. The summed E-state index contributed by atoms with van der Waals surface area (Å²) >= 11 is 0. The van der Waals surface area contributed by atoms with Crippen LogP contribution in [0.25, 0.3) is 0 Å². The van der Waals surface area contributed by atoms with Crippen LogP contribution in [0, 0.1) is 0 Å². The number of carboxylic acids is 1. The molecule has 1 amide bonds. The summed E-state index contributed by atoms with van der Waals surface area (Å²) in [5, 5.41) is 10.3. The standard InChI is InChI=1S/C6H12N2O3/c1-2-4(7)6(11)8-3-5(9)10/h4H,2-3,7H2,1H3,(H,8,11)(H,9,10)/t4-/m0/s1. The molecule has 0 saturated carbocycles. The van der Waals surface area contributed by atoms with Gasteiger partial charge in [-0.15, -0.1) is 0 Å². The first-order chi connectivity index (χ1) is 5.07. The Morgan fingerprint density at radius 2 is 2.18 bits per heavy atom. The lowest BCUT2D eigenvalue weighted by Gasteiger charge is -2.07.